The molecule has 1 aromatic heterocycles. The molecule has 3 aromatic rings. The number of nitrogens with zero attached hydrogens (tertiary/aromatic N) is 4. The lowest BCUT2D eigenvalue weighted by molar-refractivity contribution is -0.131. The highest BCUT2D eigenvalue weighted by atomic mass is 19.2. The van der Waals surface area contributed by atoms with Crippen LogP contribution in [0.2, 0.25) is 0 Å². The van der Waals surface area contributed by atoms with Gasteiger partial charge in [-0.2, -0.15) is 8.78 Å². The molecule has 0 spiro atoms. The van der Waals surface area contributed by atoms with Gasteiger partial charge in [0.05, 0.1) is 17.0 Å². The number of hydrogen-bond donors (Lipinski definition) is 1. The van der Waals surface area contributed by atoms with Crippen molar-refractivity contribution >= 4 is 17.4 Å². The first-order valence-corrected chi connectivity index (χ1v) is 11.5. The van der Waals surface area contributed by atoms with Gasteiger partial charge in [0, 0.05) is 43.2 Å². The summed E-state index contributed by atoms with van der Waals surface area (Å²) in [6, 6.07) is 3.17. The van der Waals surface area contributed by atoms with E-state index < -0.39 is 53.2 Å². The highest BCUT2D eigenvalue weighted by Crippen LogP contribution is 2.39. The van der Waals surface area contributed by atoms with Crippen LogP contribution >= 0.6 is 0 Å². The highest BCUT2D eigenvalue weighted by Gasteiger charge is 2.38. The zero-order valence-corrected chi connectivity index (χ0v) is 19.5. The molecule has 0 bridgehead atoms. The van der Waals surface area contributed by atoms with Crippen LogP contribution in [0.5, 0.6) is 11.5 Å². The van der Waals surface area contributed by atoms with Crippen molar-refractivity contribution in [1.82, 2.24) is 14.9 Å². The van der Waals surface area contributed by atoms with E-state index in [1.165, 1.54) is 17.3 Å². The number of likely N-dealkylation sites (tertiary alicyclic amines) is 1. The molecule has 7 nitrogen and oxygen atoms in total. The quantitative estimate of drug-likeness (QED) is 0.389. The molecule has 2 aliphatic rings. The van der Waals surface area contributed by atoms with Crippen molar-refractivity contribution < 1.29 is 35.9 Å². The lowest BCUT2D eigenvalue weighted by atomic mass is 9.82. The molecule has 1 unspecified atom stereocenters. The van der Waals surface area contributed by atoms with Crippen LogP contribution in [0, 0.1) is 35.0 Å². The van der Waals surface area contributed by atoms with Gasteiger partial charge in [-0.05, 0) is 24.5 Å². The minimum absolute atomic E-state index is 0.0294. The molecule has 198 valence electrons. The molecule has 2 aliphatic heterocycles. The second kappa shape index (κ2) is 9.95. The number of carbonyl (C=O) groups is 1. The van der Waals surface area contributed by atoms with Crippen molar-refractivity contribution in [3.05, 3.63) is 76.5 Å². The average Bonchev–Trinajstić information content (AvgIpc) is 3.39. The van der Waals surface area contributed by atoms with Crippen LogP contribution in [0.4, 0.5) is 32.2 Å². The molecule has 1 amide bonds. The van der Waals surface area contributed by atoms with Gasteiger partial charge in [0.1, 0.15) is 23.7 Å². The Morgan fingerprint density at radius 2 is 1.79 bits per heavy atom. The second-order valence-corrected chi connectivity index (χ2v) is 8.88. The predicted molar refractivity (Wildman–Crippen MR) is 123 cm³/mol. The molecule has 0 aliphatic carbocycles. The van der Waals surface area contributed by atoms with Crippen molar-refractivity contribution in [2.45, 2.75) is 12.3 Å². The number of amides is 1. The Kier molecular flexibility index (Phi) is 6.67. The molecule has 0 radical (unpaired) electrons. The van der Waals surface area contributed by atoms with Gasteiger partial charge in [-0.3, -0.25) is 9.79 Å². The van der Waals surface area contributed by atoms with Crippen molar-refractivity contribution in [2.24, 2.45) is 10.9 Å². The summed E-state index contributed by atoms with van der Waals surface area (Å²) in [5, 5.41) is 0. The molecule has 3 heterocycles. The van der Waals surface area contributed by atoms with E-state index in [0.717, 1.165) is 12.1 Å². The maximum Gasteiger partial charge on any atom is 0.253 e. The number of nitrogens with two attached hydrogens (primary N) is 1. The Bertz CT molecular complexity index is 1440. The van der Waals surface area contributed by atoms with Crippen molar-refractivity contribution in [3.8, 4) is 11.5 Å². The number of aliphatic imine (C=N–C) groups is 1. The first-order valence-electron chi connectivity index (χ1n) is 11.5. The smallest absolute Gasteiger partial charge is 0.253 e. The number of alkyl halides is 1. The predicted octanol–water partition coefficient (Wildman–Crippen LogP) is 4.30. The maximum atomic E-state index is 15.2. The van der Waals surface area contributed by atoms with Gasteiger partial charge in [-0.15, -0.1) is 0 Å². The lowest BCUT2D eigenvalue weighted by Gasteiger charge is -2.29. The highest BCUT2D eigenvalue weighted by molar-refractivity contribution is 6.16. The third kappa shape index (κ3) is 4.41. The van der Waals surface area contributed by atoms with Crippen LogP contribution in [0.3, 0.4) is 0 Å². The number of hydrogen-bond acceptors (Lipinski definition) is 6. The van der Waals surface area contributed by atoms with Gasteiger partial charge in [0.25, 0.3) is 5.91 Å². The van der Waals surface area contributed by atoms with E-state index in [0.29, 0.717) is 25.2 Å². The Balaban J connectivity index is 1.46. The van der Waals surface area contributed by atoms with Gasteiger partial charge in [0.15, 0.2) is 18.3 Å². The zero-order chi connectivity index (χ0) is 27.1. The van der Waals surface area contributed by atoms with Crippen molar-refractivity contribution in [3.63, 3.8) is 0 Å². The fourth-order valence-corrected chi connectivity index (χ4v) is 4.82. The first-order chi connectivity index (χ1) is 18.2. The van der Waals surface area contributed by atoms with Gasteiger partial charge < -0.3 is 15.4 Å². The van der Waals surface area contributed by atoms with E-state index in [2.05, 4.69) is 15.0 Å². The van der Waals surface area contributed by atoms with Crippen LogP contribution in [0.25, 0.3) is 0 Å². The fourth-order valence-electron chi connectivity index (χ4n) is 4.82. The summed E-state index contributed by atoms with van der Waals surface area (Å²) in [7, 11) is 0. The standard InChI is InChI=1S/C25H19F6N5O2/c26-7-18(37)36-4-3-11(9-36)14-8-33-22(19-23(14)34-10-35-25(19)32)13-2-1-12(5-15(13)27)38-24-20(30)16(28)6-17(29)21(24)31/h1-2,5-6,10-11,14H,3-4,7-9H2,(H2,32,34,35)/t11-,14?/m1/s1. The summed E-state index contributed by atoms with van der Waals surface area (Å²) in [4.78, 5) is 26.1. The van der Waals surface area contributed by atoms with Gasteiger partial charge >= 0.3 is 0 Å². The Morgan fingerprint density at radius 3 is 2.47 bits per heavy atom. The molecule has 13 heteroatoms. The summed E-state index contributed by atoms with van der Waals surface area (Å²) in [6.45, 7) is -0.200. The molecule has 2 aromatic carbocycles. The zero-order valence-electron chi connectivity index (χ0n) is 19.5. The fraction of sp³-hybridized carbons (Fsp3) is 0.280. The third-order valence-electron chi connectivity index (χ3n) is 6.69. The summed E-state index contributed by atoms with van der Waals surface area (Å²) < 4.78 is 87.9. The normalized spacial score (nSPS) is 18.8. The van der Waals surface area contributed by atoms with Crippen LogP contribution < -0.4 is 10.5 Å². The number of anilines is 1. The number of nitrogen functional groups attached to an aromatic ring is 1. The summed E-state index contributed by atoms with van der Waals surface area (Å²) in [5.74, 6) is -10.5. The number of halogens is 6. The van der Waals surface area contributed by atoms with Gasteiger partial charge in [0.2, 0.25) is 17.4 Å². The number of ether oxygens (including phenoxy) is 1. The third-order valence-corrected chi connectivity index (χ3v) is 6.69. The van der Waals surface area contributed by atoms with Crippen LogP contribution in [0.15, 0.2) is 35.6 Å². The SMILES string of the molecule is Nc1ncnc2c1C(c1ccc(Oc3c(F)c(F)cc(F)c3F)cc1F)=NCC2[C@@H]1CCN(C(=O)CF)C1. The minimum atomic E-state index is -1.77. The largest absolute Gasteiger partial charge is 0.451 e. The summed E-state index contributed by atoms with van der Waals surface area (Å²) in [5.41, 5.74) is 6.99. The molecule has 1 fully saturated rings. The maximum absolute atomic E-state index is 15.2. The molecule has 0 saturated carbocycles. The molecular formula is C25H19F6N5O2. The molecule has 38 heavy (non-hydrogen) atoms. The molecule has 2 N–H and O–H groups in total. The van der Waals surface area contributed by atoms with E-state index in [-0.39, 0.29) is 47.1 Å². The van der Waals surface area contributed by atoms with E-state index in [1.807, 2.05) is 0 Å². The van der Waals surface area contributed by atoms with Crippen LogP contribution in [0.1, 0.15) is 29.2 Å². The van der Waals surface area contributed by atoms with E-state index in [9.17, 15) is 26.7 Å². The van der Waals surface area contributed by atoms with Gasteiger partial charge in [-0.1, -0.05) is 0 Å². The lowest BCUT2D eigenvalue weighted by Crippen LogP contribution is -2.32. The molecule has 5 rings (SSSR count). The van der Waals surface area contributed by atoms with E-state index in [1.54, 1.807) is 0 Å². The van der Waals surface area contributed by atoms with Crippen molar-refractivity contribution in [2.75, 3.05) is 32.0 Å². The number of aromatic nitrogens is 2. The van der Waals surface area contributed by atoms with E-state index >= 15 is 4.39 Å². The average molecular weight is 535 g/mol. The monoisotopic (exact) mass is 535 g/mol. The summed E-state index contributed by atoms with van der Waals surface area (Å²) >= 11 is 0. The second-order valence-electron chi connectivity index (χ2n) is 8.88. The van der Waals surface area contributed by atoms with Gasteiger partial charge in [-0.25, -0.2) is 27.5 Å². The topological polar surface area (TPSA) is 93.7 Å². The Morgan fingerprint density at radius 1 is 1.05 bits per heavy atom. The number of rotatable bonds is 5. The van der Waals surface area contributed by atoms with Crippen molar-refractivity contribution in [1.29, 1.82) is 0 Å². The first kappa shape index (κ1) is 25.5. The Labute approximate surface area is 212 Å². The number of carbonyl (C=O) groups excluding carboxylic acids is 1. The van der Waals surface area contributed by atoms with Crippen LogP contribution in [-0.4, -0.2) is 52.8 Å². The minimum Gasteiger partial charge on any atom is -0.451 e. The van der Waals surface area contributed by atoms with E-state index in [4.69, 9.17) is 10.5 Å². The van der Waals surface area contributed by atoms with Crippen LogP contribution in [-0.2, 0) is 4.79 Å². The number of fused-ring (bicyclic) bond motifs is 1. The molecular weight excluding hydrogens is 516 g/mol. The number of benzene rings is 2. The molecule has 1 saturated heterocycles. The molecule has 2 atom stereocenters. The summed E-state index contributed by atoms with van der Waals surface area (Å²) in [6.07, 6.45) is 1.86. The Hall–Kier alpha value is -4.16.